The predicted molar refractivity (Wildman–Crippen MR) is 63.1 cm³/mol. The van der Waals surface area contributed by atoms with E-state index in [1.54, 1.807) is 6.92 Å². The second-order valence-corrected chi connectivity index (χ2v) is 3.85. The molecule has 0 aromatic heterocycles. The highest BCUT2D eigenvalue weighted by atomic mass is 16.4. The largest absolute Gasteiger partial charge is 0.481 e. The second kappa shape index (κ2) is 7.91. The third-order valence-electron chi connectivity index (χ3n) is 2.26. The van der Waals surface area contributed by atoms with Crippen LogP contribution < -0.4 is 5.32 Å². The molecule has 0 aliphatic carbocycles. The summed E-state index contributed by atoms with van der Waals surface area (Å²) in [6, 6.07) is -0.268. The van der Waals surface area contributed by atoms with Crippen LogP contribution in [0.2, 0.25) is 0 Å². The molecule has 92 valence electrons. The van der Waals surface area contributed by atoms with Gasteiger partial charge in [0.1, 0.15) is 0 Å². The maximum Gasteiger partial charge on any atom is 0.305 e. The van der Waals surface area contributed by atoms with E-state index in [4.69, 9.17) is 5.11 Å². The van der Waals surface area contributed by atoms with E-state index in [0.29, 0.717) is 12.0 Å². The third-order valence-corrected chi connectivity index (χ3v) is 2.26. The summed E-state index contributed by atoms with van der Waals surface area (Å²) in [6.07, 6.45) is 4.17. The summed E-state index contributed by atoms with van der Waals surface area (Å²) in [4.78, 5) is 22.2. The first-order chi connectivity index (χ1) is 7.51. The third kappa shape index (κ3) is 6.22. The van der Waals surface area contributed by atoms with Gasteiger partial charge in [-0.3, -0.25) is 9.59 Å². The monoisotopic (exact) mass is 227 g/mol. The zero-order valence-corrected chi connectivity index (χ0v) is 10.2. The van der Waals surface area contributed by atoms with Crippen molar-refractivity contribution in [2.75, 3.05) is 0 Å². The molecule has 1 atom stereocenters. The lowest BCUT2D eigenvalue weighted by atomic mass is 10.1. The minimum Gasteiger partial charge on any atom is -0.481 e. The van der Waals surface area contributed by atoms with Crippen LogP contribution in [-0.4, -0.2) is 23.0 Å². The number of amides is 1. The van der Waals surface area contributed by atoms with Crippen LogP contribution in [0, 0.1) is 0 Å². The average Bonchev–Trinajstić information content (AvgIpc) is 2.17. The second-order valence-electron chi connectivity index (χ2n) is 3.85. The van der Waals surface area contributed by atoms with E-state index in [0.717, 1.165) is 12.8 Å². The van der Waals surface area contributed by atoms with Crippen LogP contribution in [0.25, 0.3) is 0 Å². The molecule has 0 saturated carbocycles. The normalized spacial score (nSPS) is 13.3. The van der Waals surface area contributed by atoms with E-state index >= 15 is 0 Å². The van der Waals surface area contributed by atoms with E-state index in [1.165, 1.54) is 0 Å². The zero-order valence-electron chi connectivity index (χ0n) is 10.2. The maximum absolute atomic E-state index is 11.6. The summed E-state index contributed by atoms with van der Waals surface area (Å²) >= 11 is 0. The molecule has 0 aliphatic heterocycles. The predicted octanol–water partition coefficient (Wildman–Crippen LogP) is 2.10. The van der Waals surface area contributed by atoms with Gasteiger partial charge in [-0.15, -0.1) is 0 Å². The summed E-state index contributed by atoms with van der Waals surface area (Å²) in [5, 5.41) is 11.4. The van der Waals surface area contributed by atoms with Crippen LogP contribution in [0.1, 0.15) is 46.5 Å². The van der Waals surface area contributed by atoms with Crippen LogP contribution >= 0.6 is 0 Å². The Hall–Kier alpha value is -1.32. The van der Waals surface area contributed by atoms with Crippen molar-refractivity contribution >= 4 is 11.9 Å². The molecule has 0 radical (unpaired) electrons. The summed E-state index contributed by atoms with van der Waals surface area (Å²) in [7, 11) is 0. The lowest BCUT2D eigenvalue weighted by Gasteiger charge is -2.16. The molecule has 4 nitrogen and oxygen atoms in total. The van der Waals surface area contributed by atoms with E-state index in [9.17, 15) is 9.59 Å². The first-order valence-corrected chi connectivity index (χ1v) is 5.70. The fourth-order valence-electron chi connectivity index (χ4n) is 1.48. The Morgan fingerprint density at radius 1 is 1.38 bits per heavy atom. The number of carboxylic acid groups (broad SMARTS) is 1. The van der Waals surface area contributed by atoms with Gasteiger partial charge in [0, 0.05) is 11.6 Å². The molecule has 0 fully saturated rings. The molecule has 0 saturated heterocycles. The molecule has 0 heterocycles. The van der Waals surface area contributed by atoms with Crippen LogP contribution in [0.5, 0.6) is 0 Å². The van der Waals surface area contributed by atoms with Crippen molar-refractivity contribution in [1.82, 2.24) is 5.32 Å². The Kier molecular flexibility index (Phi) is 7.25. The number of carboxylic acids is 1. The Morgan fingerprint density at radius 2 is 2.00 bits per heavy atom. The maximum atomic E-state index is 11.6. The molecule has 0 aliphatic rings. The molecule has 0 aromatic rings. The van der Waals surface area contributed by atoms with Crippen LogP contribution in [-0.2, 0) is 9.59 Å². The SMILES string of the molecule is CCC=C(C)C(=O)NC(CCC)CC(=O)O. The van der Waals surface area contributed by atoms with Gasteiger partial charge in [-0.25, -0.2) is 0 Å². The van der Waals surface area contributed by atoms with Crippen molar-refractivity contribution in [3.05, 3.63) is 11.6 Å². The first kappa shape index (κ1) is 14.7. The van der Waals surface area contributed by atoms with E-state index in [2.05, 4.69) is 5.32 Å². The Morgan fingerprint density at radius 3 is 2.44 bits per heavy atom. The van der Waals surface area contributed by atoms with Gasteiger partial charge in [0.15, 0.2) is 0 Å². The van der Waals surface area contributed by atoms with Gasteiger partial charge in [-0.1, -0.05) is 26.3 Å². The van der Waals surface area contributed by atoms with Gasteiger partial charge in [0.25, 0.3) is 0 Å². The smallest absolute Gasteiger partial charge is 0.305 e. The average molecular weight is 227 g/mol. The van der Waals surface area contributed by atoms with E-state index in [-0.39, 0.29) is 18.4 Å². The van der Waals surface area contributed by atoms with Gasteiger partial charge >= 0.3 is 5.97 Å². The molecule has 0 spiro atoms. The summed E-state index contributed by atoms with van der Waals surface area (Å²) in [6.45, 7) is 5.66. The molecule has 0 aromatic carbocycles. The molecule has 1 unspecified atom stereocenters. The molecular formula is C12H21NO3. The minimum atomic E-state index is -0.879. The number of hydrogen-bond acceptors (Lipinski definition) is 2. The molecule has 2 N–H and O–H groups in total. The Labute approximate surface area is 96.7 Å². The van der Waals surface area contributed by atoms with Crippen molar-refractivity contribution < 1.29 is 14.7 Å². The van der Waals surface area contributed by atoms with Crippen LogP contribution in [0.4, 0.5) is 0 Å². The van der Waals surface area contributed by atoms with Gasteiger partial charge in [-0.2, -0.15) is 0 Å². The van der Waals surface area contributed by atoms with Crippen molar-refractivity contribution in [1.29, 1.82) is 0 Å². The molecular weight excluding hydrogens is 206 g/mol. The zero-order chi connectivity index (χ0) is 12.6. The number of carbonyl (C=O) groups is 2. The highest BCUT2D eigenvalue weighted by Gasteiger charge is 2.15. The van der Waals surface area contributed by atoms with E-state index in [1.807, 2.05) is 19.9 Å². The number of nitrogens with one attached hydrogen (secondary N) is 1. The van der Waals surface area contributed by atoms with Crippen molar-refractivity contribution in [3.8, 4) is 0 Å². The van der Waals surface area contributed by atoms with Crippen LogP contribution in [0.3, 0.4) is 0 Å². The lowest BCUT2D eigenvalue weighted by molar-refractivity contribution is -0.137. The Balaban J connectivity index is 4.33. The summed E-state index contributed by atoms with van der Waals surface area (Å²) in [5.74, 6) is -1.04. The summed E-state index contributed by atoms with van der Waals surface area (Å²) < 4.78 is 0. The van der Waals surface area contributed by atoms with Gasteiger partial charge in [-0.05, 0) is 19.8 Å². The van der Waals surface area contributed by atoms with Gasteiger partial charge < -0.3 is 10.4 Å². The molecule has 16 heavy (non-hydrogen) atoms. The lowest BCUT2D eigenvalue weighted by Crippen LogP contribution is -2.36. The van der Waals surface area contributed by atoms with Crippen LogP contribution in [0.15, 0.2) is 11.6 Å². The fraction of sp³-hybridized carbons (Fsp3) is 0.667. The van der Waals surface area contributed by atoms with Crippen molar-refractivity contribution in [2.45, 2.75) is 52.5 Å². The highest BCUT2D eigenvalue weighted by molar-refractivity contribution is 5.93. The highest BCUT2D eigenvalue weighted by Crippen LogP contribution is 2.04. The standard InChI is InChI=1S/C12H21NO3/c1-4-6-9(3)12(16)13-10(7-5-2)8-11(14)15/h6,10H,4-5,7-8H2,1-3H3,(H,13,16)(H,14,15). The molecule has 0 bridgehead atoms. The fourth-order valence-corrected chi connectivity index (χ4v) is 1.48. The van der Waals surface area contributed by atoms with Gasteiger partial charge in [0.05, 0.1) is 6.42 Å². The van der Waals surface area contributed by atoms with E-state index < -0.39 is 5.97 Å². The first-order valence-electron chi connectivity index (χ1n) is 5.70. The number of carbonyl (C=O) groups excluding carboxylic acids is 1. The minimum absolute atomic E-state index is 0.0149. The topological polar surface area (TPSA) is 66.4 Å². The van der Waals surface area contributed by atoms with Crippen molar-refractivity contribution in [3.63, 3.8) is 0 Å². The molecule has 0 rings (SSSR count). The number of aliphatic carboxylic acids is 1. The van der Waals surface area contributed by atoms with Crippen molar-refractivity contribution in [2.24, 2.45) is 0 Å². The summed E-state index contributed by atoms with van der Waals surface area (Å²) in [5.41, 5.74) is 0.647. The van der Waals surface area contributed by atoms with Gasteiger partial charge in [0.2, 0.25) is 5.91 Å². The number of hydrogen-bond donors (Lipinski definition) is 2. The quantitative estimate of drug-likeness (QED) is 0.654. The molecule has 1 amide bonds. The molecule has 4 heteroatoms. The number of allylic oxidation sites excluding steroid dienone is 1. The number of rotatable bonds is 7. The Bertz CT molecular complexity index is 271.